The number of ether oxygens (including phenoxy) is 3. The van der Waals surface area contributed by atoms with E-state index < -0.39 is 41.6 Å². The van der Waals surface area contributed by atoms with Crippen LogP contribution in [0, 0.1) is 0 Å². The van der Waals surface area contributed by atoms with Gasteiger partial charge >= 0.3 is 12.4 Å². The van der Waals surface area contributed by atoms with Crippen LogP contribution in [0.4, 0.5) is 26.3 Å². The maximum Gasteiger partial charge on any atom is 0.416 e. The highest BCUT2D eigenvalue weighted by atomic mass is 19.4. The lowest BCUT2D eigenvalue weighted by atomic mass is 10.1. The molecule has 0 N–H and O–H groups in total. The Labute approximate surface area is 148 Å². The lowest BCUT2D eigenvalue weighted by molar-refractivity contribution is -0.143. The minimum atomic E-state index is -5.00. The number of hydrogen-bond donors (Lipinski definition) is 0. The molecule has 0 saturated heterocycles. The molecule has 2 aromatic rings. The molecule has 0 saturated carbocycles. The fourth-order valence-electron chi connectivity index (χ4n) is 2.31. The van der Waals surface area contributed by atoms with E-state index in [4.69, 9.17) is 14.2 Å². The monoisotopic (exact) mass is 392 g/mol. The summed E-state index contributed by atoms with van der Waals surface area (Å²) >= 11 is 0. The van der Waals surface area contributed by atoms with Gasteiger partial charge in [0.1, 0.15) is 5.75 Å². The third-order valence-corrected chi connectivity index (χ3v) is 3.63. The summed E-state index contributed by atoms with van der Waals surface area (Å²) in [5, 5.41) is 0. The maximum absolute atomic E-state index is 12.8. The molecule has 1 aliphatic rings. The van der Waals surface area contributed by atoms with Gasteiger partial charge in [0.05, 0.1) is 11.1 Å². The summed E-state index contributed by atoms with van der Waals surface area (Å²) in [5.74, 6) is -0.648. The molecule has 0 amide bonds. The first-order valence-corrected chi connectivity index (χ1v) is 7.39. The third kappa shape index (κ3) is 4.26. The van der Waals surface area contributed by atoms with Crippen LogP contribution < -0.4 is 14.2 Å². The fraction of sp³-hybridized carbons (Fsp3) is 0.235. The Kier molecular flexibility index (Phi) is 4.66. The summed E-state index contributed by atoms with van der Waals surface area (Å²) in [6, 6.07) is 4.98. The lowest BCUT2D eigenvalue weighted by Gasteiger charge is -2.14. The Morgan fingerprint density at radius 2 is 1.48 bits per heavy atom. The molecule has 0 aromatic heterocycles. The SMILES string of the molecule is O=C(COc1cc(C(F)(F)F)cc(C(F)(F)F)c1)c1ccc2c(c1)OCO2. The van der Waals surface area contributed by atoms with Gasteiger partial charge in [0, 0.05) is 5.56 Å². The molecule has 144 valence electrons. The van der Waals surface area contributed by atoms with Crippen molar-refractivity contribution in [2.75, 3.05) is 13.4 Å². The second-order valence-corrected chi connectivity index (χ2v) is 5.52. The van der Waals surface area contributed by atoms with Crippen molar-refractivity contribution >= 4 is 5.78 Å². The van der Waals surface area contributed by atoms with E-state index in [2.05, 4.69) is 0 Å². The molecule has 2 aromatic carbocycles. The first-order valence-electron chi connectivity index (χ1n) is 7.39. The predicted molar refractivity (Wildman–Crippen MR) is 78.8 cm³/mol. The minimum absolute atomic E-state index is 0.0199. The Morgan fingerprint density at radius 3 is 2.07 bits per heavy atom. The Bertz CT molecular complexity index is 840. The van der Waals surface area contributed by atoms with Gasteiger partial charge in [0.15, 0.2) is 23.9 Å². The first-order chi connectivity index (χ1) is 12.5. The molecule has 0 aliphatic carbocycles. The molecular formula is C17H10F6O4. The molecule has 0 spiro atoms. The van der Waals surface area contributed by atoms with Crippen molar-refractivity contribution in [1.29, 1.82) is 0 Å². The van der Waals surface area contributed by atoms with Gasteiger partial charge in [-0.3, -0.25) is 4.79 Å². The fourth-order valence-corrected chi connectivity index (χ4v) is 2.31. The van der Waals surface area contributed by atoms with Crippen LogP contribution in [0.1, 0.15) is 21.5 Å². The van der Waals surface area contributed by atoms with E-state index in [9.17, 15) is 31.1 Å². The van der Waals surface area contributed by atoms with Crippen molar-refractivity contribution < 1.29 is 45.3 Å². The summed E-state index contributed by atoms with van der Waals surface area (Å²) in [6.07, 6.45) is -10.00. The van der Waals surface area contributed by atoms with E-state index in [-0.39, 0.29) is 18.4 Å². The minimum Gasteiger partial charge on any atom is -0.485 e. The number of carbonyl (C=O) groups is 1. The van der Waals surface area contributed by atoms with Gasteiger partial charge in [-0.25, -0.2) is 0 Å². The van der Waals surface area contributed by atoms with Crippen molar-refractivity contribution in [2.45, 2.75) is 12.4 Å². The number of fused-ring (bicyclic) bond motifs is 1. The number of ketones is 1. The van der Waals surface area contributed by atoms with E-state index in [1.807, 2.05) is 0 Å². The number of benzene rings is 2. The van der Waals surface area contributed by atoms with Gasteiger partial charge < -0.3 is 14.2 Å². The zero-order valence-corrected chi connectivity index (χ0v) is 13.3. The number of rotatable bonds is 4. The van der Waals surface area contributed by atoms with E-state index in [1.165, 1.54) is 18.2 Å². The van der Waals surface area contributed by atoms with Gasteiger partial charge in [-0.1, -0.05) is 0 Å². The highest BCUT2D eigenvalue weighted by Crippen LogP contribution is 2.38. The number of alkyl halides is 6. The summed E-state index contributed by atoms with van der Waals surface area (Å²) in [6.45, 7) is -0.772. The van der Waals surface area contributed by atoms with Gasteiger partial charge in [-0.15, -0.1) is 0 Å². The van der Waals surface area contributed by atoms with Gasteiger partial charge in [0.2, 0.25) is 6.79 Å². The summed E-state index contributed by atoms with van der Waals surface area (Å²) in [7, 11) is 0. The molecule has 0 radical (unpaired) electrons. The van der Waals surface area contributed by atoms with Gasteiger partial charge in [0.25, 0.3) is 0 Å². The highest BCUT2D eigenvalue weighted by Gasteiger charge is 2.37. The molecule has 0 atom stereocenters. The van der Waals surface area contributed by atoms with E-state index in [0.717, 1.165) is 0 Å². The average Bonchev–Trinajstić information content (AvgIpc) is 3.05. The predicted octanol–water partition coefficient (Wildman–Crippen LogP) is 4.71. The van der Waals surface area contributed by atoms with Crippen molar-refractivity contribution in [1.82, 2.24) is 0 Å². The first kappa shape index (κ1) is 18.9. The van der Waals surface area contributed by atoms with Crippen LogP contribution in [0.25, 0.3) is 0 Å². The number of halogens is 6. The summed E-state index contributed by atoms with van der Waals surface area (Å²) in [5.41, 5.74) is -2.94. The van der Waals surface area contributed by atoms with Crippen LogP contribution in [0.2, 0.25) is 0 Å². The van der Waals surface area contributed by atoms with Crippen LogP contribution >= 0.6 is 0 Å². The van der Waals surface area contributed by atoms with E-state index in [0.29, 0.717) is 23.6 Å². The number of Topliss-reactive ketones (excluding diaryl/α,β-unsaturated/α-hetero) is 1. The number of carbonyl (C=O) groups excluding carboxylic acids is 1. The third-order valence-electron chi connectivity index (χ3n) is 3.63. The number of hydrogen-bond acceptors (Lipinski definition) is 4. The second-order valence-electron chi connectivity index (χ2n) is 5.52. The molecule has 1 aliphatic heterocycles. The Balaban J connectivity index is 1.79. The van der Waals surface area contributed by atoms with Crippen LogP contribution in [-0.2, 0) is 12.4 Å². The molecule has 0 fully saturated rings. The van der Waals surface area contributed by atoms with Crippen LogP contribution in [0.5, 0.6) is 17.2 Å². The molecule has 0 bridgehead atoms. The molecule has 4 nitrogen and oxygen atoms in total. The smallest absolute Gasteiger partial charge is 0.416 e. The quantitative estimate of drug-likeness (QED) is 0.558. The molecule has 0 unspecified atom stereocenters. The summed E-state index contributed by atoms with van der Waals surface area (Å²) < 4.78 is 91.9. The van der Waals surface area contributed by atoms with Gasteiger partial charge in [-0.2, -0.15) is 26.3 Å². The second kappa shape index (κ2) is 6.67. The molecular weight excluding hydrogens is 382 g/mol. The summed E-state index contributed by atoms with van der Waals surface area (Å²) in [4.78, 5) is 12.1. The highest BCUT2D eigenvalue weighted by molar-refractivity contribution is 5.97. The van der Waals surface area contributed by atoms with Crippen molar-refractivity contribution in [3.05, 3.63) is 53.1 Å². The zero-order chi connectivity index (χ0) is 19.8. The topological polar surface area (TPSA) is 44.8 Å². The van der Waals surface area contributed by atoms with E-state index >= 15 is 0 Å². The normalized spacial score (nSPS) is 13.6. The van der Waals surface area contributed by atoms with Crippen LogP contribution in [-0.4, -0.2) is 19.2 Å². The van der Waals surface area contributed by atoms with Crippen LogP contribution in [0.3, 0.4) is 0 Å². The Morgan fingerprint density at radius 1 is 0.889 bits per heavy atom. The Hall–Kier alpha value is -2.91. The van der Waals surface area contributed by atoms with Crippen molar-refractivity contribution in [3.63, 3.8) is 0 Å². The largest absolute Gasteiger partial charge is 0.485 e. The van der Waals surface area contributed by atoms with Crippen molar-refractivity contribution in [3.8, 4) is 17.2 Å². The van der Waals surface area contributed by atoms with Crippen molar-refractivity contribution in [2.24, 2.45) is 0 Å². The van der Waals surface area contributed by atoms with E-state index in [1.54, 1.807) is 0 Å². The maximum atomic E-state index is 12.8. The van der Waals surface area contributed by atoms with Crippen LogP contribution in [0.15, 0.2) is 36.4 Å². The molecule has 3 rings (SSSR count). The molecule has 1 heterocycles. The molecule has 27 heavy (non-hydrogen) atoms. The zero-order valence-electron chi connectivity index (χ0n) is 13.3. The van der Waals surface area contributed by atoms with Gasteiger partial charge in [-0.05, 0) is 36.4 Å². The average molecular weight is 392 g/mol. The lowest BCUT2D eigenvalue weighted by Crippen LogP contribution is -2.14. The standard InChI is InChI=1S/C17H10F6O4/c18-16(19,20)10-4-11(17(21,22)23)6-12(5-10)25-7-13(24)9-1-2-14-15(3-9)27-8-26-14/h1-6H,7-8H2. The molecule has 10 heteroatoms.